The second kappa shape index (κ2) is 12.4. The maximum Gasteiger partial charge on any atom is 0.245 e. The lowest BCUT2D eigenvalue weighted by atomic mass is 10.1. The van der Waals surface area contributed by atoms with E-state index in [0.29, 0.717) is 54.8 Å². The summed E-state index contributed by atoms with van der Waals surface area (Å²) >= 11 is 13.2. The topological polar surface area (TPSA) is 121 Å². The molecule has 3 saturated heterocycles. The second-order valence-electron chi connectivity index (χ2n) is 11.8. The largest absolute Gasteiger partial charge is 0.487 e. The number of nitrogens with zero attached hydrogens (tertiary/aromatic N) is 3. The van der Waals surface area contributed by atoms with Gasteiger partial charge in [-0.3, -0.25) is 9.59 Å². The first-order valence-corrected chi connectivity index (χ1v) is 17.0. The highest BCUT2D eigenvalue weighted by Gasteiger charge is 2.41. The minimum absolute atomic E-state index is 0.0624. The van der Waals surface area contributed by atoms with E-state index in [4.69, 9.17) is 27.9 Å². The Morgan fingerprint density at radius 1 is 1.09 bits per heavy atom. The van der Waals surface area contributed by atoms with Crippen LogP contribution in [0.15, 0.2) is 41.3 Å². The molecule has 234 valence electrons. The minimum atomic E-state index is -4.19. The molecule has 0 radical (unpaired) electrons. The first-order chi connectivity index (χ1) is 21.0. The van der Waals surface area contributed by atoms with Gasteiger partial charge in [0.15, 0.2) is 0 Å². The summed E-state index contributed by atoms with van der Waals surface area (Å²) in [4.78, 5) is 32.3. The average molecular weight is 661 g/mol. The number of nitrogens with one attached hydrogen (secondary N) is 2. The van der Waals surface area contributed by atoms with Crippen LogP contribution in [0.3, 0.4) is 0 Å². The summed E-state index contributed by atoms with van der Waals surface area (Å²) < 4.78 is 35.1. The first-order valence-electron chi connectivity index (χ1n) is 14.8. The van der Waals surface area contributed by atoms with Crippen molar-refractivity contribution >= 4 is 55.9 Å². The third-order valence-corrected chi connectivity index (χ3v) is 11.6. The summed E-state index contributed by atoms with van der Waals surface area (Å²) in [6.07, 6.45) is 2.92. The lowest BCUT2D eigenvalue weighted by molar-refractivity contribution is -0.134. The Morgan fingerprint density at radius 2 is 1.84 bits per heavy atom. The molecule has 1 aromatic heterocycles. The van der Waals surface area contributed by atoms with Crippen LogP contribution < -0.4 is 15.4 Å². The Bertz CT molecular complexity index is 1720. The van der Waals surface area contributed by atoms with Crippen molar-refractivity contribution in [2.45, 2.75) is 69.2 Å². The van der Waals surface area contributed by atoms with Gasteiger partial charge in [-0.05, 0) is 69.4 Å². The van der Waals surface area contributed by atoms with Gasteiger partial charge in [0.1, 0.15) is 28.8 Å². The second-order valence-corrected chi connectivity index (χ2v) is 14.4. The molecule has 2 bridgehead atoms. The van der Waals surface area contributed by atoms with Crippen LogP contribution in [0, 0.1) is 13.8 Å². The Hall–Kier alpha value is -2.96. The molecule has 44 heavy (non-hydrogen) atoms. The molecule has 2 aromatic carbocycles. The van der Waals surface area contributed by atoms with Crippen LogP contribution in [0.2, 0.25) is 10.0 Å². The van der Waals surface area contributed by atoms with E-state index in [-0.39, 0.29) is 40.5 Å². The quantitative estimate of drug-likeness (QED) is 0.375. The predicted molar refractivity (Wildman–Crippen MR) is 168 cm³/mol. The molecule has 13 heteroatoms. The van der Waals surface area contributed by atoms with Crippen LogP contribution in [0.1, 0.15) is 42.5 Å². The number of carbonyl (C=O) groups is 2. The smallest absolute Gasteiger partial charge is 0.245 e. The van der Waals surface area contributed by atoms with Gasteiger partial charge in [0.25, 0.3) is 0 Å². The number of aryl methyl sites for hydroxylation is 2. The van der Waals surface area contributed by atoms with Crippen LogP contribution in [-0.2, 0) is 26.2 Å². The van der Waals surface area contributed by atoms with E-state index in [1.54, 1.807) is 11.0 Å². The third kappa shape index (κ3) is 6.00. The Morgan fingerprint density at radius 3 is 2.59 bits per heavy atom. The van der Waals surface area contributed by atoms with Crippen LogP contribution >= 0.6 is 23.2 Å². The van der Waals surface area contributed by atoms with Crippen LogP contribution in [0.4, 0.5) is 0 Å². The van der Waals surface area contributed by atoms with E-state index < -0.39 is 22.0 Å². The molecule has 2 N–H and O–H groups in total. The van der Waals surface area contributed by atoms with Gasteiger partial charge in [0.05, 0.1) is 11.6 Å². The number of halogens is 2. The SMILES string of the molecule is Cc1cc(C)c2cccc(OCc3c(Cl)ccc(S(=O)(=O)N4CCC[C@H]4C(=O)NCC(=O)N4CC5CCC(C4)N5)c3Cl)c2n1. The Kier molecular flexibility index (Phi) is 8.78. The zero-order valence-corrected chi connectivity index (χ0v) is 26.9. The normalized spacial score (nSPS) is 22.0. The third-order valence-electron chi connectivity index (χ3n) is 8.74. The van der Waals surface area contributed by atoms with E-state index in [1.165, 1.54) is 12.1 Å². The Labute approximate surface area is 267 Å². The van der Waals surface area contributed by atoms with Gasteiger partial charge < -0.3 is 20.3 Å². The van der Waals surface area contributed by atoms with Crippen molar-refractivity contribution in [1.82, 2.24) is 24.8 Å². The van der Waals surface area contributed by atoms with Crippen LogP contribution in [-0.4, -0.2) is 78.7 Å². The number of ether oxygens (including phenoxy) is 1. The van der Waals surface area contributed by atoms with Crippen molar-refractivity contribution in [3.8, 4) is 5.75 Å². The molecule has 0 saturated carbocycles. The number of benzene rings is 2. The number of fused-ring (bicyclic) bond motifs is 3. The predicted octanol–water partition coefficient (Wildman–Crippen LogP) is 3.97. The number of hydrogen-bond acceptors (Lipinski definition) is 7. The van der Waals surface area contributed by atoms with Crippen molar-refractivity contribution in [1.29, 1.82) is 0 Å². The average Bonchev–Trinajstić information content (AvgIpc) is 3.62. The lowest BCUT2D eigenvalue weighted by Gasteiger charge is -2.33. The van der Waals surface area contributed by atoms with Crippen molar-refractivity contribution in [2.75, 3.05) is 26.2 Å². The summed E-state index contributed by atoms with van der Waals surface area (Å²) in [5, 5.41) is 7.30. The number of carbonyl (C=O) groups excluding carboxylic acids is 2. The van der Waals surface area contributed by atoms with Crippen LogP contribution in [0.25, 0.3) is 10.9 Å². The van der Waals surface area contributed by atoms with Crippen LogP contribution in [0.5, 0.6) is 5.75 Å². The van der Waals surface area contributed by atoms with E-state index in [0.717, 1.165) is 33.8 Å². The lowest BCUT2D eigenvalue weighted by Crippen LogP contribution is -2.55. The maximum atomic E-state index is 13.9. The molecule has 2 amide bonds. The molecule has 4 heterocycles. The Balaban J connectivity index is 1.17. The van der Waals surface area contributed by atoms with Crippen molar-refractivity contribution in [3.05, 3.63) is 63.3 Å². The summed E-state index contributed by atoms with van der Waals surface area (Å²) in [7, 11) is -4.19. The molecule has 3 atom stereocenters. The van der Waals surface area contributed by atoms with Crippen molar-refractivity contribution in [2.24, 2.45) is 0 Å². The summed E-state index contributed by atoms with van der Waals surface area (Å²) in [5.74, 6) is -0.143. The number of sulfonamides is 1. The molecular formula is C31H35Cl2N5O5S. The number of likely N-dealkylation sites (tertiary alicyclic amines) is 1. The molecule has 3 fully saturated rings. The molecule has 2 unspecified atom stereocenters. The van der Waals surface area contributed by atoms with Gasteiger partial charge in [-0.2, -0.15) is 4.31 Å². The summed E-state index contributed by atoms with van der Waals surface area (Å²) in [5.41, 5.74) is 2.91. The fraction of sp³-hybridized carbons (Fsp3) is 0.452. The highest BCUT2D eigenvalue weighted by molar-refractivity contribution is 7.89. The van der Waals surface area contributed by atoms with Gasteiger partial charge in [0, 0.05) is 53.4 Å². The highest BCUT2D eigenvalue weighted by Crippen LogP contribution is 2.36. The fourth-order valence-electron chi connectivity index (χ4n) is 6.54. The first kappa shape index (κ1) is 31.0. The van der Waals surface area contributed by atoms with Gasteiger partial charge in [-0.15, -0.1) is 0 Å². The fourth-order valence-corrected chi connectivity index (χ4v) is 9.06. The van der Waals surface area contributed by atoms with Gasteiger partial charge in [0.2, 0.25) is 21.8 Å². The van der Waals surface area contributed by atoms with Crippen molar-refractivity contribution in [3.63, 3.8) is 0 Å². The zero-order valence-electron chi connectivity index (χ0n) is 24.6. The molecule has 3 aromatic rings. The monoisotopic (exact) mass is 659 g/mol. The summed E-state index contributed by atoms with van der Waals surface area (Å²) in [6.45, 7) is 5.04. The molecule has 10 nitrogen and oxygen atoms in total. The van der Waals surface area contributed by atoms with E-state index >= 15 is 0 Å². The molecule has 0 aliphatic carbocycles. The summed E-state index contributed by atoms with van der Waals surface area (Å²) in [6, 6.07) is 10.1. The number of pyridine rings is 1. The standard InChI is InChI=1S/C31H35Cl2N5O5S/c1-18-13-19(2)35-30-22(18)5-3-7-26(30)43-17-23-24(32)10-11-27(29(23)33)44(41,42)38-12-4-6-25(38)31(40)34-14-28(39)37-15-20-8-9-21(16-37)36-20/h3,5,7,10-11,13,20-21,25,36H,4,6,8-9,12,14-17H2,1-2H3,(H,34,40)/t20?,21?,25-/m0/s1. The maximum absolute atomic E-state index is 13.9. The van der Waals surface area contributed by atoms with Crippen molar-refractivity contribution < 1.29 is 22.7 Å². The molecule has 3 aliphatic rings. The number of piperazine rings is 1. The number of amides is 2. The molecule has 0 spiro atoms. The van der Waals surface area contributed by atoms with E-state index in [2.05, 4.69) is 15.6 Å². The van der Waals surface area contributed by atoms with E-state index in [1.807, 2.05) is 32.0 Å². The highest BCUT2D eigenvalue weighted by atomic mass is 35.5. The zero-order chi connectivity index (χ0) is 31.2. The van der Waals surface area contributed by atoms with Gasteiger partial charge in [-0.25, -0.2) is 13.4 Å². The molecule has 6 rings (SSSR count). The number of aromatic nitrogens is 1. The van der Waals surface area contributed by atoms with Gasteiger partial charge in [-0.1, -0.05) is 35.3 Å². The minimum Gasteiger partial charge on any atom is -0.487 e. The number of hydrogen-bond donors (Lipinski definition) is 2. The van der Waals surface area contributed by atoms with Gasteiger partial charge >= 0.3 is 0 Å². The van der Waals surface area contributed by atoms with E-state index in [9.17, 15) is 18.0 Å². The molecule has 3 aliphatic heterocycles. The molecular weight excluding hydrogens is 625 g/mol. The number of para-hydroxylation sites is 1. The number of rotatable bonds is 8.